The number of anilines is 1. The SMILES string of the molecule is Cc1cc(NC(=O)CC2CCCN2)ccc1F. The van der Waals surface area contributed by atoms with Gasteiger partial charge < -0.3 is 10.6 Å². The molecule has 92 valence electrons. The van der Waals surface area contributed by atoms with Gasteiger partial charge in [0.25, 0.3) is 0 Å². The fraction of sp³-hybridized carbons (Fsp3) is 0.462. The minimum atomic E-state index is -0.250. The van der Waals surface area contributed by atoms with Crippen LogP contribution in [0, 0.1) is 12.7 Å². The summed E-state index contributed by atoms with van der Waals surface area (Å²) in [6.07, 6.45) is 2.67. The van der Waals surface area contributed by atoms with E-state index in [-0.39, 0.29) is 17.8 Å². The largest absolute Gasteiger partial charge is 0.326 e. The monoisotopic (exact) mass is 236 g/mol. The molecule has 0 saturated carbocycles. The first-order chi connectivity index (χ1) is 8.15. The summed E-state index contributed by atoms with van der Waals surface area (Å²) < 4.78 is 13.0. The van der Waals surface area contributed by atoms with Crippen molar-refractivity contribution in [3.05, 3.63) is 29.6 Å². The van der Waals surface area contributed by atoms with Crippen LogP contribution in [0.3, 0.4) is 0 Å². The van der Waals surface area contributed by atoms with Gasteiger partial charge in [0.15, 0.2) is 0 Å². The van der Waals surface area contributed by atoms with Crippen LogP contribution >= 0.6 is 0 Å². The number of halogens is 1. The second-order valence-corrected chi connectivity index (χ2v) is 4.51. The molecule has 0 bridgehead atoms. The Hall–Kier alpha value is -1.42. The second-order valence-electron chi connectivity index (χ2n) is 4.51. The van der Waals surface area contributed by atoms with Crippen molar-refractivity contribution in [1.82, 2.24) is 5.32 Å². The third-order valence-electron chi connectivity index (χ3n) is 3.04. The zero-order chi connectivity index (χ0) is 12.3. The van der Waals surface area contributed by atoms with Gasteiger partial charge in [0.1, 0.15) is 5.82 Å². The average molecular weight is 236 g/mol. The van der Waals surface area contributed by atoms with Crippen molar-refractivity contribution in [2.45, 2.75) is 32.2 Å². The van der Waals surface area contributed by atoms with Crippen LogP contribution in [0.4, 0.5) is 10.1 Å². The van der Waals surface area contributed by atoms with Crippen LogP contribution in [0.25, 0.3) is 0 Å². The summed E-state index contributed by atoms with van der Waals surface area (Å²) in [5.74, 6) is -0.268. The quantitative estimate of drug-likeness (QED) is 0.844. The van der Waals surface area contributed by atoms with Crippen LogP contribution in [0.1, 0.15) is 24.8 Å². The van der Waals surface area contributed by atoms with Gasteiger partial charge in [-0.2, -0.15) is 0 Å². The van der Waals surface area contributed by atoms with E-state index in [4.69, 9.17) is 0 Å². The molecular formula is C13H17FN2O. The van der Waals surface area contributed by atoms with E-state index in [0.717, 1.165) is 19.4 Å². The maximum atomic E-state index is 13.0. The zero-order valence-corrected chi connectivity index (χ0v) is 9.92. The highest BCUT2D eigenvalue weighted by Crippen LogP contribution is 2.15. The summed E-state index contributed by atoms with van der Waals surface area (Å²) in [6.45, 7) is 2.68. The van der Waals surface area contributed by atoms with Gasteiger partial charge in [0, 0.05) is 18.2 Å². The van der Waals surface area contributed by atoms with Gasteiger partial charge in [-0.1, -0.05) is 0 Å². The molecule has 1 saturated heterocycles. The first-order valence-electron chi connectivity index (χ1n) is 5.94. The lowest BCUT2D eigenvalue weighted by Crippen LogP contribution is -2.27. The van der Waals surface area contributed by atoms with Crippen LogP contribution < -0.4 is 10.6 Å². The van der Waals surface area contributed by atoms with E-state index in [0.29, 0.717) is 17.7 Å². The standard InChI is InChI=1S/C13H17FN2O/c1-9-7-11(4-5-12(9)14)16-13(17)8-10-3-2-6-15-10/h4-5,7,10,15H,2-3,6,8H2,1H3,(H,16,17). The average Bonchev–Trinajstić information content (AvgIpc) is 2.76. The molecule has 1 aromatic carbocycles. The van der Waals surface area contributed by atoms with Crippen LogP contribution in [0.15, 0.2) is 18.2 Å². The molecule has 3 nitrogen and oxygen atoms in total. The van der Waals surface area contributed by atoms with Crippen LogP contribution in [0.2, 0.25) is 0 Å². The van der Waals surface area contributed by atoms with Crippen molar-refractivity contribution in [2.75, 3.05) is 11.9 Å². The molecule has 0 aliphatic carbocycles. The normalized spacial score (nSPS) is 19.3. The van der Waals surface area contributed by atoms with E-state index in [9.17, 15) is 9.18 Å². The second kappa shape index (κ2) is 5.27. The van der Waals surface area contributed by atoms with Crippen molar-refractivity contribution in [3.8, 4) is 0 Å². The number of rotatable bonds is 3. The van der Waals surface area contributed by atoms with Crippen molar-refractivity contribution >= 4 is 11.6 Å². The summed E-state index contributed by atoms with van der Waals surface area (Å²) in [7, 11) is 0. The lowest BCUT2D eigenvalue weighted by Gasteiger charge is -2.10. The minimum absolute atomic E-state index is 0.0181. The third kappa shape index (κ3) is 3.27. The lowest BCUT2D eigenvalue weighted by molar-refractivity contribution is -0.116. The highest BCUT2D eigenvalue weighted by atomic mass is 19.1. The molecule has 0 aromatic heterocycles. The Kier molecular flexibility index (Phi) is 3.74. The Morgan fingerprint density at radius 1 is 1.59 bits per heavy atom. The molecule has 1 amide bonds. The molecule has 0 spiro atoms. The molecule has 1 aromatic rings. The number of amides is 1. The van der Waals surface area contributed by atoms with Crippen molar-refractivity contribution in [1.29, 1.82) is 0 Å². The molecule has 0 radical (unpaired) electrons. The van der Waals surface area contributed by atoms with Gasteiger partial charge in [-0.05, 0) is 50.1 Å². The number of nitrogens with one attached hydrogen (secondary N) is 2. The number of aryl methyl sites for hydroxylation is 1. The maximum Gasteiger partial charge on any atom is 0.225 e. The Morgan fingerprint density at radius 2 is 2.41 bits per heavy atom. The predicted molar refractivity (Wildman–Crippen MR) is 65.4 cm³/mol. The lowest BCUT2D eigenvalue weighted by atomic mass is 10.1. The molecule has 1 aliphatic rings. The van der Waals surface area contributed by atoms with Gasteiger partial charge in [-0.3, -0.25) is 4.79 Å². The van der Waals surface area contributed by atoms with E-state index in [1.165, 1.54) is 6.07 Å². The molecule has 1 fully saturated rings. The molecular weight excluding hydrogens is 219 g/mol. The van der Waals surface area contributed by atoms with E-state index in [1.54, 1.807) is 19.1 Å². The van der Waals surface area contributed by atoms with Crippen LogP contribution in [0.5, 0.6) is 0 Å². The first kappa shape index (κ1) is 12.0. The highest BCUT2D eigenvalue weighted by Gasteiger charge is 2.17. The molecule has 1 unspecified atom stereocenters. The smallest absolute Gasteiger partial charge is 0.225 e. The Morgan fingerprint density at radius 3 is 3.06 bits per heavy atom. The zero-order valence-electron chi connectivity index (χ0n) is 9.92. The van der Waals surface area contributed by atoms with Gasteiger partial charge in [-0.15, -0.1) is 0 Å². The summed E-state index contributed by atoms with van der Waals surface area (Å²) in [5.41, 5.74) is 1.20. The number of hydrogen-bond acceptors (Lipinski definition) is 2. The Bertz CT molecular complexity index is 414. The number of carbonyl (C=O) groups excluding carboxylic acids is 1. The molecule has 1 atom stereocenters. The van der Waals surface area contributed by atoms with E-state index >= 15 is 0 Å². The highest BCUT2D eigenvalue weighted by molar-refractivity contribution is 5.91. The van der Waals surface area contributed by atoms with Crippen LogP contribution in [-0.4, -0.2) is 18.5 Å². The molecule has 1 heterocycles. The number of hydrogen-bond donors (Lipinski definition) is 2. The molecule has 4 heteroatoms. The van der Waals surface area contributed by atoms with Crippen LogP contribution in [-0.2, 0) is 4.79 Å². The summed E-state index contributed by atoms with van der Waals surface area (Å²) in [6, 6.07) is 4.90. The fourth-order valence-corrected chi connectivity index (χ4v) is 2.09. The summed E-state index contributed by atoms with van der Waals surface area (Å²) in [5, 5.41) is 6.06. The fourth-order valence-electron chi connectivity index (χ4n) is 2.09. The van der Waals surface area contributed by atoms with E-state index < -0.39 is 0 Å². The van der Waals surface area contributed by atoms with E-state index in [1.807, 2.05) is 0 Å². The Balaban J connectivity index is 1.90. The van der Waals surface area contributed by atoms with Crippen molar-refractivity contribution < 1.29 is 9.18 Å². The first-order valence-corrected chi connectivity index (χ1v) is 5.94. The van der Waals surface area contributed by atoms with Gasteiger partial charge in [-0.25, -0.2) is 4.39 Å². The number of carbonyl (C=O) groups is 1. The topological polar surface area (TPSA) is 41.1 Å². The molecule has 17 heavy (non-hydrogen) atoms. The predicted octanol–water partition coefficient (Wildman–Crippen LogP) is 2.21. The van der Waals surface area contributed by atoms with Crippen molar-refractivity contribution in [3.63, 3.8) is 0 Å². The Labute approximate surface area is 100 Å². The third-order valence-corrected chi connectivity index (χ3v) is 3.04. The van der Waals surface area contributed by atoms with Crippen molar-refractivity contribution in [2.24, 2.45) is 0 Å². The molecule has 1 aliphatic heterocycles. The molecule has 2 rings (SSSR count). The summed E-state index contributed by atoms with van der Waals surface area (Å²) >= 11 is 0. The van der Waals surface area contributed by atoms with Gasteiger partial charge in [0.05, 0.1) is 0 Å². The maximum absolute atomic E-state index is 13.0. The van der Waals surface area contributed by atoms with Gasteiger partial charge in [0.2, 0.25) is 5.91 Å². The summed E-state index contributed by atoms with van der Waals surface area (Å²) in [4.78, 5) is 11.7. The number of benzene rings is 1. The minimum Gasteiger partial charge on any atom is -0.326 e. The molecule has 2 N–H and O–H groups in total. The van der Waals surface area contributed by atoms with Gasteiger partial charge >= 0.3 is 0 Å². The van der Waals surface area contributed by atoms with E-state index in [2.05, 4.69) is 10.6 Å².